The molecule has 2 aromatic rings. The van der Waals surface area contributed by atoms with Gasteiger partial charge in [0.05, 0.1) is 24.9 Å². The van der Waals surface area contributed by atoms with Gasteiger partial charge in [-0.25, -0.2) is 14.8 Å². The van der Waals surface area contributed by atoms with Gasteiger partial charge in [-0.1, -0.05) is 0 Å². The summed E-state index contributed by atoms with van der Waals surface area (Å²) in [6.07, 6.45) is 3.63. The second-order valence-corrected chi connectivity index (χ2v) is 4.13. The Bertz CT molecular complexity index is 592. The molecule has 0 unspecified atom stereocenters. The fourth-order valence-electron chi connectivity index (χ4n) is 1.72. The highest BCUT2D eigenvalue weighted by molar-refractivity contribution is 5.90. The molecule has 0 amide bonds. The Hall–Kier alpha value is -2.37. The third-order valence-electron chi connectivity index (χ3n) is 2.84. The largest absolute Gasteiger partial charge is 0.465 e. The van der Waals surface area contributed by atoms with Crippen LogP contribution in [0.15, 0.2) is 24.5 Å². The maximum Gasteiger partial charge on any atom is 0.339 e. The van der Waals surface area contributed by atoms with E-state index in [1.165, 1.54) is 7.11 Å². The molecule has 0 fully saturated rings. The van der Waals surface area contributed by atoms with Crippen LogP contribution in [0.5, 0.6) is 0 Å². The predicted molar refractivity (Wildman–Crippen MR) is 70.8 cm³/mol. The molecule has 0 aromatic carbocycles. The first-order valence-corrected chi connectivity index (χ1v) is 5.88. The first-order valence-electron chi connectivity index (χ1n) is 5.88. The molecule has 0 atom stereocenters. The number of nitrogens with one attached hydrogen (secondary N) is 1. The van der Waals surface area contributed by atoms with E-state index in [0.717, 1.165) is 5.82 Å². The van der Waals surface area contributed by atoms with Crippen LogP contribution in [0.3, 0.4) is 0 Å². The number of nitrogens with zero attached hydrogens (tertiary/aromatic N) is 3. The average molecular weight is 260 g/mol. The van der Waals surface area contributed by atoms with E-state index in [0.29, 0.717) is 23.6 Å². The highest BCUT2D eigenvalue weighted by Crippen LogP contribution is 2.12. The second kappa shape index (κ2) is 5.51. The van der Waals surface area contributed by atoms with Crippen LogP contribution in [-0.2, 0) is 18.3 Å². The van der Waals surface area contributed by atoms with Crippen LogP contribution in [0.1, 0.15) is 21.9 Å². The zero-order valence-electron chi connectivity index (χ0n) is 11.2. The van der Waals surface area contributed by atoms with E-state index in [1.54, 1.807) is 25.3 Å². The van der Waals surface area contributed by atoms with Crippen LogP contribution in [0.4, 0.5) is 5.82 Å². The van der Waals surface area contributed by atoms with Gasteiger partial charge in [0.25, 0.3) is 0 Å². The SMILES string of the molecule is COC(=O)c1ccc(NCc2nccn2C)nc1C. The van der Waals surface area contributed by atoms with Gasteiger partial charge < -0.3 is 14.6 Å². The number of carbonyl (C=O) groups excluding carboxylic acids is 1. The van der Waals surface area contributed by atoms with Gasteiger partial charge in [-0.3, -0.25) is 0 Å². The minimum absolute atomic E-state index is 0.374. The summed E-state index contributed by atoms with van der Waals surface area (Å²) in [4.78, 5) is 20.0. The van der Waals surface area contributed by atoms with Crippen molar-refractivity contribution in [1.29, 1.82) is 0 Å². The lowest BCUT2D eigenvalue weighted by Gasteiger charge is -2.08. The van der Waals surface area contributed by atoms with Gasteiger partial charge in [-0.05, 0) is 19.1 Å². The molecule has 0 bridgehead atoms. The first-order chi connectivity index (χ1) is 9.11. The lowest BCUT2D eigenvalue weighted by atomic mass is 10.2. The lowest BCUT2D eigenvalue weighted by Crippen LogP contribution is -2.09. The Morgan fingerprint density at radius 1 is 1.47 bits per heavy atom. The van der Waals surface area contributed by atoms with E-state index in [2.05, 4.69) is 20.0 Å². The van der Waals surface area contributed by atoms with Crippen LogP contribution < -0.4 is 5.32 Å². The molecule has 6 nitrogen and oxygen atoms in total. The Balaban J connectivity index is 2.08. The number of esters is 1. The molecule has 0 saturated heterocycles. The molecule has 100 valence electrons. The summed E-state index contributed by atoms with van der Waals surface area (Å²) in [7, 11) is 3.29. The number of ether oxygens (including phenoxy) is 1. The van der Waals surface area contributed by atoms with Crippen molar-refractivity contribution in [2.75, 3.05) is 12.4 Å². The Labute approximate surface area is 111 Å². The van der Waals surface area contributed by atoms with Crippen molar-refractivity contribution in [2.45, 2.75) is 13.5 Å². The summed E-state index contributed by atoms with van der Waals surface area (Å²) in [5, 5.41) is 3.17. The number of pyridine rings is 1. The van der Waals surface area contributed by atoms with Crippen molar-refractivity contribution in [2.24, 2.45) is 7.05 Å². The topological polar surface area (TPSA) is 69.0 Å². The van der Waals surface area contributed by atoms with Gasteiger partial charge in [-0.2, -0.15) is 0 Å². The van der Waals surface area contributed by atoms with Crippen molar-refractivity contribution in [3.8, 4) is 0 Å². The molecule has 2 heterocycles. The van der Waals surface area contributed by atoms with Crippen molar-refractivity contribution in [3.63, 3.8) is 0 Å². The number of rotatable bonds is 4. The van der Waals surface area contributed by atoms with E-state index in [1.807, 2.05) is 17.8 Å². The summed E-state index contributed by atoms with van der Waals surface area (Å²) in [5.41, 5.74) is 1.11. The minimum atomic E-state index is -0.374. The summed E-state index contributed by atoms with van der Waals surface area (Å²) in [5.74, 6) is 1.24. The van der Waals surface area contributed by atoms with Gasteiger partial charge in [0.15, 0.2) is 0 Å². The number of hydrogen-bond donors (Lipinski definition) is 1. The summed E-state index contributed by atoms with van der Waals surface area (Å²) >= 11 is 0. The molecule has 6 heteroatoms. The number of hydrogen-bond acceptors (Lipinski definition) is 5. The number of anilines is 1. The molecule has 2 aromatic heterocycles. The normalized spacial score (nSPS) is 10.3. The third kappa shape index (κ3) is 2.90. The Kier molecular flexibility index (Phi) is 3.79. The van der Waals surface area contributed by atoms with Gasteiger partial charge in [0.2, 0.25) is 0 Å². The monoisotopic (exact) mass is 260 g/mol. The molecule has 1 N–H and O–H groups in total. The van der Waals surface area contributed by atoms with Crippen molar-refractivity contribution in [1.82, 2.24) is 14.5 Å². The van der Waals surface area contributed by atoms with Crippen LogP contribution in [-0.4, -0.2) is 27.6 Å². The van der Waals surface area contributed by atoms with E-state index in [-0.39, 0.29) is 5.97 Å². The summed E-state index contributed by atoms with van der Waals surface area (Å²) in [6.45, 7) is 2.35. The number of imidazole rings is 1. The first kappa shape index (κ1) is 13.1. The molecule has 2 rings (SSSR count). The fourth-order valence-corrected chi connectivity index (χ4v) is 1.72. The van der Waals surface area contributed by atoms with Gasteiger partial charge >= 0.3 is 5.97 Å². The Morgan fingerprint density at radius 2 is 2.26 bits per heavy atom. The molecular weight excluding hydrogens is 244 g/mol. The highest BCUT2D eigenvalue weighted by Gasteiger charge is 2.10. The molecule has 0 spiro atoms. The summed E-state index contributed by atoms with van der Waals surface area (Å²) < 4.78 is 6.61. The zero-order valence-corrected chi connectivity index (χ0v) is 11.2. The van der Waals surface area contributed by atoms with Gasteiger partial charge in [0, 0.05) is 19.4 Å². The van der Waals surface area contributed by atoms with Crippen LogP contribution >= 0.6 is 0 Å². The predicted octanol–water partition coefficient (Wildman–Crippen LogP) is 1.52. The van der Waals surface area contributed by atoms with Gasteiger partial charge in [-0.15, -0.1) is 0 Å². The maximum atomic E-state index is 11.4. The molecule has 0 aliphatic rings. The van der Waals surface area contributed by atoms with Crippen molar-refractivity contribution < 1.29 is 9.53 Å². The van der Waals surface area contributed by atoms with Gasteiger partial charge in [0.1, 0.15) is 11.6 Å². The van der Waals surface area contributed by atoms with Crippen LogP contribution in [0, 0.1) is 6.92 Å². The number of carbonyl (C=O) groups is 1. The smallest absolute Gasteiger partial charge is 0.339 e. The van der Waals surface area contributed by atoms with Crippen molar-refractivity contribution in [3.05, 3.63) is 41.6 Å². The summed E-state index contributed by atoms with van der Waals surface area (Å²) in [6, 6.07) is 3.46. The standard InChI is InChI=1S/C13H16N4O2/c1-9-10(13(18)19-3)4-5-11(16-9)15-8-12-14-6-7-17(12)2/h4-7H,8H2,1-3H3,(H,15,16). The molecule has 19 heavy (non-hydrogen) atoms. The minimum Gasteiger partial charge on any atom is -0.465 e. The second-order valence-electron chi connectivity index (χ2n) is 4.13. The van der Waals surface area contributed by atoms with E-state index < -0.39 is 0 Å². The van der Waals surface area contributed by atoms with E-state index >= 15 is 0 Å². The molecule has 0 aliphatic carbocycles. The molecule has 0 aliphatic heterocycles. The quantitative estimate of drug-likeness (QED) is 0.844. The molecular formula is C13H16N4O2. The Morgan fingerprint density at radius 3 is 2.84 bits per heavy atom. The van der Waals surface area contributed by atoms with E-state index in [4.69, 9.17) is 0 Å². The average Bonchev–Trinajstić information content (AvgIpc) is 2.81. The van der Waals surface area contributed by atoms with E-state index in [9.17, 15) is 4.79 Å². The number of methoxy groups -OCH3 is 1. The van der Waals surface area contributed by atoms with Crippen molar-refractivity contribution >= 4 is 11.8 Å². The number of aryl methyl sites for hydroxylation is 2. The zero-order chi connectivity index (χ0) is 13.8. The van der Waals surface area contributed by atoms with Crippen LogP contribution in [0.25, 0.3) is 0 Å². The lowest BCUT2D eigenvalue weighted by molar-refractivity contribution is 0.0599. The molecule has 0 saturated carbocycles. The third-order valence-corrected chi connectivity index (χ3v) is 2.84. The molecule has 0 radical (unpaired) electrons. The number of aromatic nitrogens is 3. The maximum absolute atomic E-state index is 11.4. The highest BCUT2D eigenvalue weighted by atomic mass is 16.5. The fraction of sp³-hybridized carbons (Fsp3) is 0.308. The van der Waals surface area contributed by atoms with Crippen LogP contribution in [0.2, 0.25) is 0 Å².